The maximum Gasteiger partial charge on any atom is 0.0104 e. The van der Waals surface area contributed by atoms with Gasteiger partial charge in [0.1, 0.15) is 0 Å². The van der Waals surface area contributed by atoms with Crippen molar-refractivity contribution in [1.29, 1.82) is 0 Å². The second kappa shape index (κ2) is 2.22. The Labute approximate surface area is 68.8 Å². The van der Waals surface area contributed by atoms with Gasteiger partial charge >= 0.3 is 0 Å². The second-order valence-electron chi connectivity index (χ2n) is 4.32. The summed E-state index contributed by atoms with van der Waals surface area (Å²) in [7, 11) is 0. The lowest BCUT2D eigenvalue weighted by atomic mass is 10.0. The monoisotopic (exact) mass is 150 g/mol. The summed E-state index contributed by atoms with van der Waals surface area (Å²) in [5, 5.41) is 0. The maximum atomic E-state index is 2.83. The van der Waals surface area contributed by atoms with E-state index in [0.717, 1.165) is 18.1 Å². The molecule has 3 fully saturated rings. The highest BCUT2D eigenvalue weighted by Crippen LogP contribution is 2.42. The van der Waals surface area contributed by atoms with Gasteiger partial charge in [-0.05, 0) is 44.9 Å². The summed E-state index contributed by atoms with van der Waals surface area (Å²) >= 11 is 0. The average Bonchev–Trinajstić information content (AvgIpc) is 2.81. The molecule has 2 bridgehead atoms. The van der Waals surface area contributed by atoms with Gasteiger partial charge in [-0.1, -0.05) is 0 Å². The van der Waals surface area contributed by atoms with Gasteiger partial charge in [-0.25, -0.2) is 0 Å². The number of rotatable bonds is 1. The fourth-order valence-corrected chi connectivity index (χ4v) is 2.91. The smallest absolute Gasteiger partial charge is 0.0104 e. The van der Waals surface area contributed by atoms with Crippen LogP contribution >= 0.6 is 0 Å². The maximum absolute atomic E-state index is 2.83. The summed E-state index contributed by atoms with van der Waals surface area (Å²) in [6.45, 7) is 0. The van der Waals surface area contributed by atoms with Crippen LogP contribution in [0.1, 0.15) is 38.5 Å². The third kappa shape index (κ3) is 0.936. The molecule has 1 nitrogen and oxygen atoms in total. The zero-order chi connectivity index (χ0) is 7.26. The second-order valence-corrected chi connectivity index (χ2v) is 4.32. The summed E-state index contributed by atoms with van der Waals surface area (Å²) in [6.07, 6.45) is 11.2. The minimum absolute atomic E-state index is 0.959. The van der Waals surface area contributed by atoms with Crippen LogP contribution < -0.4 is 0 Å². The van der Waals surface area contributed by atoms with Gasteiger partial charge in [0.05, 0.1) is 0 Å². The normalized spacial score (nSPS) is 44.7. The van der Waals surface area contributed by atoms with Gasteiger partial charge in [0.15, 0.2) is 0 Å². The Bertz CT molecular complexity index is 146. The molecule has 0 spiro atoms. The zero-order valence-corrected chi connectivity index (χ0v) is 7.00. The van der Waals surface area contributed by atoms with Crippen molar-refractivity contribution in [2.75, 3.05) is 0 Å². The molecule has 3 aliphatic rings. The quantitative estimate of drug-likeness (QED) is 0.552. The summed E-state index contributed by atoms with van der Waals surface area (Å²) in [6, 6.07) is 2.93. The first-order valence-corrected chi connectivity index (χ1v) is 5.04. The number of nitrogens with zero attached hydrogens (tertiary/aromatic N) is 1. The van der Waals surface area contributed by atoms with E-state index in [-0.39, 0.29) is 0 Å². The van der Waals surface area contributed by atoms with Crippen molar-refractivity contribution in [2.45, 2.75) is 56.7 Å². The Kier molecular flexibility index (Phi) is 1.31. The van der Waals surface area contributed by atoms with E-state index in [1.165, 1.54) is 38.5 Å². The summed E-state index contributed by atoms with van der Waals surface area (Å²) < 4.78 is 0. The highest BCUT2D eigenvalue weighted by molar-refractivity contribution is 5.03. The van der Waals surface area contributed by atoms with Crippen LogP contribution in [0.15, 0.2) is 0 Å². The van der Waals surface area contributed by atoms with Crippen LogP contribution in [0.4, 0.5) is 0 Å². The lowest BCUT2D eigenvalue weighted by Crippen LogP contribution is -2.41. The van der Waals surface area contributed by atoms with Crippen molar-refractivity contribution in [3.63, 3.8) is 0 Å². The van der Waals surface area contributed by atoms with E-state index in [1.54, 1.807) is 0 Å². The highest BCUT2D eigenvalue weighted by atomic mass is 15.3. The molecule has 0 aromatic carbocycles. The molecule has 61 valence electrons. The molecule has 3 rings (SSSR count). The topological polar surface area (TPSA) is 3.24 Å². The summed E-state index contributed by atoms with van der Waals surface area (Å²) in [5.41, 5.74) is 0. The van der Waals surface area contributed by atoms with E-state index in [9.17, 15) is 0 Å². The standard InChI is InChI=1S/C10H16N/c1-2-8-4-5-9(3-1)11(8)10-6-7-10/h1,8-10H,2-7H2. The Balaban J connectivity index is 1.80. The van der Waals surface area contributed by atoms with Gasteiger partial charge in [-0.15, -0.1) is 0 Å². The zero-order valence-electron chi connectivity index (χ0n) is 7.00. The minimum atomic E-state index is 0.959. The molecule has 2 aliphatic heterocycles. The molecule has 1 aliphatic carbocycles. The van der Waals surface area contributed by atoms with Crippen LogP contribution in [0.5, 0.6) is 0 Å². The third-order valence-corrected chi connectivity index (χ3v) is 3.52. The fraction of sp³-hybridized carbons (Fsp3) is 0.900. The molecule has 0 aromatic heterocycles. The van der Waals surface area contributed by atoms with E-state index < -0.39 is 0 Å². The number of fused-ring (bicyclic) bond motifs is 2. The van der Waals surface area contributed by atoms with Crippen LogP contribution in [0.25, 0.3) is 0 Å². The summed E-state index contributed by atoms with van der Waals surface area (Å²) in [5.74, 6) is 0. The van der Waals surface area contributed by atoms with Crippen molar-refractivity contribution >= 4 is 0 Å². The first-order chi connectivity index (χ1) is 5.45. The van der Waals surface area contributed by atoms with Crippen molar-refractivity contribution in [2.24, 2.45) is 0 Å². The molecule has 0 N–H and O–H groups in total. The first kappa shape index (κ1) is 6.47. The fourth-order valence-electron chi connectivity index (χ4n) is 2.91. The van der Waals surface area contributed by atoms with Gasteiger partial charge in [-0.2, -0.15) is 0 Å². The van der Waals surface area contributed by atoms with Crippen molar-refractivity contribution < 1.29 is 0 Å². The minimum Gasteiger partial charge on any atom is -0.294 e. The molecule has 2 heterocycles. The molecule has 0 amide bonds. The van der Waals surface area contributed by atoms with Gasteiger partial charge in [0.25, 0.3) is 0 Å². The number of piperidine rings is 1. The van der Waals surface area contributed by atoms with E-state index >= 15 is 0 Å². The van der Waals surface area contributed by atoms with Gasteiger partial charge in [0.2, 0.25) is 0 Å². The predicted molar refractivity (Wildman–Crippen MR) is 45.2 cm³/mol. The Morgan fingerprint density at radius 3 is 1.91 bits per heavy atom. The predicted octanol–water partition coefficient (Wildman–Crippen LogP) is 1.98. The SMILES string of the molecule is [CH]1CC2CCC(C1)N2C1CC1. The van der Waals surface area contributed by atoms with Crippen LogP contribution in [0, 0.1) is 6.42 Å². The molecule has 1 radical (unpaired) electrons. The molecular formula is C10H16N. The molecule has 11 heavy (non-hydrogen) atoms. The Hall–Kier alpha value is -0.0400. The third-order valence-electron chi connectivity index (χ3n) is 3.52. The molecule has 1 heteroatoms. The van der Waals surface area contributed by atoms with Crippen molar-refractivity contribution in [3.8, 4) is 0 Å². The van der Waals surface area contributed by atoms with E-state index in [4.69, 9.17) is 0 Å². The van der Waals surface area contributed by atoms with Crippen molar-refractivity contribution in [1.82, 2.24) is 4.90 Å². The average molecular weight is 150 g/mol. The largest absolute Gasteiger partial charge is 0.294 e. The molecular weight excluding hydrogens is 134 g/mol. The van der Waals surface area contributed by atoms with Gasteiger partial charge in [-0.3, -0.25) is 4.90 Å². The number of hydrogen-bond acceptors (Lipinski definition) is 1. The van der Waals surface area contributed by atoms with Crippen molar-refractivity contribution in [3.05, 3.63) is 6.42 Å². The molecule has 2 saturated heterocycles. The van der Waals surface area contributed by atoms with Crippen LogP contribution in [-0.2, 0) is 0 Å². The lowest BCUT2D eigenvalue weighted by Gasteiger charge is -2.34. The van der Waals surface area contributed by atoms with Crippen LogP contribution in [0.3, 0.4) is 0 Å². The molecule has 2 unspecified atom stereocenters. The van der Waals surface area contributed by atoms with Gasteiger partial charge in [0, 0.05) is 18.1 Å². The van der Waals surface area contributed by atoms with E-state index in [0.29, 0.717) is 0 Å². The van der Waals surface area contributed by atoms with E-state index in [1.807, 2.05) is 0 Å². The molecule has 0 aromatic rings. The summed E-state index contributed by atoms with van der Waals surface area (Å²) in [4.78, 5) is 2.83. The van der Waals surface area contributed by atoms with E-state index in [2.05, 4.69) is 11.3 Å². The first-order valence-electron chi connectivity index (χ1n) is 5.04. The van der Waals surface area contributed by atoms with Crippen LogP contribution in [-0.4, -0.2) is 23.0 Å². The molecule has 1 saturated carbocycles. The van der Waals surface area contributed by atoms with Crippen LogP contribution in [0.2, 0.25) is 0 Å². The molecule has 2 atom stereocenters. The Morgan fingerprint density at radius 1 is 0.818 bits per heavy atom. The number of hydrogen-bond donors (Lipinski definition) is 0. The lowest BCUT2D eigenvalue weighted by molar-refractivity contribution is 0.154. The Morgan fingerprint density at radius 2 is 1.36 bits per heavy atom. The highest BCUT2D eigenvalue weighted by Gasteiger charge is 2.43. The van der Waals surface area contributed by atoms with Gasteiger partial charge < -0.3 is 0 Å².